The van der Waals surface area contributed by atoms with Gasteiger partial charge < -0.3 is 15.0 Å². The second kappa shape index (κ2) is 8.69. The summed E-state index contributed by atoms with van der Waals surface area (Å²) in [5, 5.41) is 3.00. The molecule has 0 spiro atoms. The van der Waals surface area contributed by atoms with Crippen molar-refractivity contribution in [2.45, 2.75) is 44.8 Å². The van der Waals surface area contributed by atoms with Crippen molar-refractivity contribution in [3.8, 4) is 11.1 Å². The Kier molecular flexibility index (Phi) is 6.05. The number of benzene rings is 1. The van der Waals surface area contributed by atoms with Crippen molar-refractivity contribution in [2.75, 3.05) is 18.4 Å². The topological polar surface area (TPSA) is 80.2 Å². The zero-order chi connectivity index (χ0) is 24.7. The molecule has 0 aliphatic carbocycles. The molecule has 34 heavy (non-hydrogen) atoms. The summed E-state index contributed by atoms with van der Waals surface area (Å²) in [5.74, 6) is 0.262. The molecule has 180 valence electrons. The van der Waals surface area contributed by atoms with Crippen molar-refractivity contribution in [1.82, 2.24) is 19.9 Å². The number of nitrogens with one attached hydrogen (secondary N) is 1. The predicted octanol–water partition coefficient (Wildman–Crippen LogP) is 5.08. The molecule has 3 aromatic rings. The molecule has 1 aromatic carbocycles. The maximum absolute atomic E-state index is 14.7. The minimum absolute atomic E-state index is 0.0696. The number of alkyl halides is 4. The molecule has 2 aromatic heterocycles. The third kappa shape index (κ3) is 5.02. The van der Waals surface area contributed by atoms with Gasteiger partial charge in [0.1, 0.15) is 22.8 Å². The molecule has 7 nitrogen and oxygen atoms in total. The van der Waals surface area contributed by atoms with Crippen LogP contribution in [-0.2, 0) is 10.9 Å². The molecule has 0 radical (unpaired) electrons. The summed E-state index contributed by atoms with van der Waals surface area (Å²) in [6.07, 6.45) is -2.05. The zero-order valence-electron chi connectivity index (χ0n) is 18.7. The monoisotopic (exact) mass is 477 g/mol. The van der Waals surface area contributed by atoms with Gasteiger partial charge >= 0.3 is 12.3 Å². The van der Waals surface area contributed by atoms with E-state index in [1.807, 2.05) is 0 Å². The van der Waals surface area contributed by atoms with E-state index in [2.05, 4.69) is 20.3 Å². The molecule has 0 bridgehead atoms. The Labute approximate surface area is 193 Å². The fourth-order valence-electron chi connectivity index (χ4n) is 3.67. The van der Waals surface area contributed by atoms with E-state index in [9.17, 15) is 22.4 Å². The smallest absolute Gasteiger partial charge is 0.416 e. The van der Waals surface area contributed by atoms with Crippen molar-refractivity contribution in [3.05, 3.63) is 48.4 Å². The molecule has 2 atom stereocenters. The first-order valence-electron chi connectivity index (χ1n) is 10.6. The number of fused-ring (bicyclic) bond motifs is 1. The molecular formula is C23H23F4N5O2. The molecule has 1 amide bonds. The van der Waals surface area contributed by atoms with Crippen LogP contribution in [0.5, 0.6) is 0 Å². The number of pyridine rings is 1. The SMILES string of the molecule is CC(C)(C)OC(=O)N1C[C@H](F)[C@H](Nc2ncc(-c3ccc(C(F)(F)F)cc3)c3nccnc23)C1. The Hall–Kier alpha value is -3.50. The minimum atomic E-state index is -4.44. The standard InChI is InChI=1S/C23H23F4N5O2/c1-22(2,3)34-21(33)32-11-16(24)17(12-32)31-20-19-18(28-8-9-29-19)15(10-30-20)13-4-6-14(7-5-13)23(25,26)27/h4-10,16-17H,11-12H2,1-3H3,(H,30,31)/t16-,17+/m0/s1. The van der Waals surface area contributed by atoms with Crippen LogP contribution in [0.2, 0.25) is 0 Å². The first-order chi connectivity index (χ1) is 15.9. The van der Waals surface area contributed by atoms with Gasteiger partial charge in [-0.15, -0.1) is 0 Å². The van der Waals surface area contributed by atoms with Crippen LogP contribution in [0.25, 0.3) is 22.2 Å². The quantitative estimate of drug-likeness (QED) is 0.530. The summed E-state index contributed by atoms with van der Waals surface area (Å²) in [7, 11) is 0. The molecule has 0 unspecified atom stereocenters. The summed E-state index contributed by atoms with van der Waals surface area (Å²) in [4.78, 5) is 26.6. The van der Waals surface area contributed by atoms with Gasteiger partial charge in [0.05, 0.1) is 18.2 Å². The van der Waals surface area contributed by atoms with E-state index in [-0.39, 0.29) is 18.9 Å². The molecule has 1 fully saturated rings. The number of nitrogens with zero attached hydrogens (tertiary/aromatic N) is 4. The number of halogens is 4. The number of ether oxygens (including phenoxy) is 1. The molecule has 1 N–H and O–H groups in total. The van der Waals surface area contributed by atoms with Crippen molar-refractivity contribution < 1.29 is 27.1 Å². The second-order valence-corrected chi connectivity index (χ2v) is 9.00. The summed E-state index contributed by atoms with van der Waals surface area (Å²) in [6, 6.07) is 3.91. The van der Waals surface area contributed by atoms with Crippen LogP contribution in [0.3, 0.4) is 0 Å². The number of amides is 1. The molecular weight excluding hydrogens is 454 g/mol. The highest BCUT2D eigenvalue weighted by Crippen LogP contribution is 2.34. The Morgan fingerprint density at radius 3 is 2.29 bits per heavy atom. The first kappa shape index (κ1) is 23.7. The molecule has 0 saturated carbocycles. The lowest BCUT2D eigenvalue weighted by Crippen LogP contribution is -2.36. The van der Waals surface area contributed by atoms with Crippen LogP contribution >= 0.6 is 0 Å². The lowest BCUT2D eigenvalue weighted by atomic mass is 10.0. The largest absolute Gasteiger partial charge is 0.444 e. The molecule has 1 aliphatic heterocycles. The molecule has 11 heteroatoms. The molecule has 1 aliphatic rings. The van der Waals surface area contributed by atoms with Gasteiger partial charge in [0.25, 0.3) is 0 Å². The Morgan fingerprint density at radius 1 is 1.03 bits per heavy atom. The fraction of sp³-hybridized carbons (Fsp3) is 0.391. The van der Waals surface area contributed by atoms with E-state index < -0.39 is 35.6 Å². The van der Waals surface area contributed by atoms with E-state index >= 15 is 0 Å². The minimum Gasteiger partial charge on any atom is -0.444 e. The van der Waals surface area contributed by atoms with E-state index in [0.29, 0.717) is 22.2 Å². The van der Waals surface area contributed by atoms with Gasteiger partial charge in [-0.3, -0.25) is 4.98 Å². The van der Waals surface area contributed by atoms with Crippen molar-refractivity contribution >= 4 is 22.9 Å². The van der Waals surface area contributed by atoms with Gasteiger partial charge in [0.15, 0.2) is 5.82 Å². The fourth-order valence-corrected chi connectivity index (χ4v) is 3.67. The summed E-state index contributed by atoms with van der Waals surface area (Å²) < 4.78 is 58.8. The van der Waals surface area contributed by atoms with Gasteiger partial charge in [-0.05, 0) is 38.5 Å². The Morgan fingerprint density at radius 2 is 1.68 bits per heavy atom. The molecule has 1 saturated heterocycles. The second-order valence-electron chi connectivity index (χ2n) is 9.00. The summed E-state index contributed by atoms with van der Waals surface area (Å²) >= 11 is 0. The highest BCUT2D eigenvalue weighted by atomic mass is 19.4. The van der Waals surface area contributed by atoms with E-state index in [1.165, 1.54) is 35.6 Å². The summed E-state index contributed by atoms with van der Waals surface area (Å²) in [5.41, 5.74) is 0.247. The molecule has 4 rings (SSSR count). The third-order valence-corrected chi connectivity index (χ3v) is 5.25. The lowest BCUT2D eigenvalue weighted by Gasteiger charge is -2.24. The van der Waals surface area contributed by atoms with Crippen molar-refractivity contribution in [3.63, 3.8) is 0 Å². The number of hydrogen-bond acceptors (Lipinski definition) is 6. The highest BCUT2D eigenvalue weighted by molar-refractivity contribution is 5.96. The number of hydrogen-bond donors (Lipinski definition) is 1. The van der Waals surface area contributed by atoms with E-state index in [0.717, 1.165) is 12.1 Å². The van der Waals surface area contributed by atoms with Crippen molar-refractivity contribution in [2.24, 2.45) is 0 Å². The van der Waals surface area contributed by atoms with Gasteiger partial charge in [0.2, 0.25) is 0 Å². The van der Waals surface area contributed by atoms with E-state index in [1.54, 1.807) is 20.8 Å². The predicted molar refractivity (Wildman–Crippen MR) is 118 cm³/mol. The number of carbonyl (C=O) groups excluding carboxylic acids is 1. The van der Waals surface area contributed by atoms with E-state index in [4.69, 9.17) is 4.74 Å². The number of likely N-dealkylation sites (tertiary alicyclic amines) is 1. The zero-order valence-corrected chi connectivity index (χ0v) is 18.7. The third-order valence-electron chi connectivity index (χ3n) is 5.25. The Balaban J connectivity index is 1.59. The normalized spacial score (nSPS) is 18.9. The number of anilines is 1. The van der Waals surface area contributed by atoms with Gasteiger partial charge in [-0.2, -0.15) is 13.2 Å². The number of rotatable bonds is 3. The summed E-state index contributed by atoms with van der Waals surface area (Å²) in [6.45, 7) is 5.14. The average Bonchev–Trinajstić information content (AvgIpc) is 3.13. The lowest BCUT2D eigenvalue weighted by molar-refractivity contribution is -0.137. The van der Waals surface area contributed by atoms with Crippen LogP contribution in [0.4, 0.5) is 28.2 Å². The van der Waals surface area contributed by atoms with Gasteiger partial charge in [-0.1, -0.05) is 12.1 Å². The average molecular weight is 477 g/mol. The van der Waals surface area contributed by atoms with Crippen LogP contribution in [-0.4, -0.2) is 56.8 Å². The van der Waals surface area contributed by atoms with Crippen molar-refractivity contribution in [1.29, 1.82) is 0 Å². The Bertz CT molecular complexity index is 1190. The van der Waals surface area contributed by atoms with Gasteiger partial charge in [0, 0.05) is 30.7 Å². The first-order valence-corrected chi connectivity index (χ1v) is 10.6. The van der Waals surface area contributed by atoms with Crippen LogP contribution < -0.4 is 5.32 Å². The molecule has 3 heterocycles. The highest BCUT2D eigenvalue weighted by Gasteiger charge is 2.38. The number of carbonyl (C=O) groups is 1. The van der Waals surface area contributed by atoms with Gasteiger partial charge in [-0.25, -0.2) is 19.2 Å². The maximum atomic E-state index is 14.7. The number of aromatic nitrogens is 3. The van der Waals surface area contributed by atoms with Crippen LogP contribution in [0.1, 0.15) is 26.3 Å². The van der Waals surface area contributed by atoms with Crippen LogP contribution in [0, 0.1) is 0 Å². The van der Waals surface area contributed by atoms with Crippen LogP contribution in [0.15, 0.2) is 42.9 Å². The maximum Gasteiger partial charge on any atom is 0.416 e.